The fourth-order valence-electron chi connectivity index (χ4n) is 3.10. The van der Waals surface area contributed by atoms with E-state index in [0.717, 1.165) is 71.3 Å². The minimum atomic E-state index is 0.280. The molecule has 2 N–H and O–H groups in total. The van der Waals surface area contributed by atoms with Crippen molar-refractivity contribution >= 4 is 11.6 Å². The second-order valence-electron chi connectivity index (χ2n) is 6.82. The monoisotopic (exact) mass is 376 g/mol. The normalized spacial score (nSPS) is 17.1. The maximum Gasteiger partial charge on any atom is 0.191 e. The molecule has 2 rings (SSSR count). The van der Waals surface area contributed by atoms with Gasteiger partial charge in [0.1, 0.15) is 0 Å². The van der Waals surface area contributed by atoms with Crippen LogP contribution in [0.25, 0.3) is 0 Å². The summed E-state index contributed by atoms with van der Waals surface area (Å²) in [5.41, 5.74) is 2.56. The minimum absolute atomic E-state index is 0.280. The molecule has 1 aromatic rings. The quantitative estimate of drug-likeness (QED) is 0.353. The van der Waals surface area contributed by atoms with Crippen LogP contribution in [0.4, 0.5) is 5.69 Å². The van der Waals surface area contributed by atoms with Gasteiger partial charge in [0.15, 0.2) is 5.96 Å². The lowest BCUT2D eigenvalue weighted by Gasteiger charge is -2.24. The Morgan fingerprint density at radius 2 is 2.22 bits per heavy atom. The predicted octanol–water partition coefficient (Wildman–Crippen LogP) is 2.57. The Morgan fingerprint density at radius 3 is 2.93 bits per heavy atom. The molecule has 0 aromatic heterocycles. The van der Waals surface area contributed by atoms with E-state index < -0.39 is 0 Å². The second-order valence-corrected chi connectivity index (χ2v) is 6.82. The van der Waals surface area contributed by atoms with Crippen molar-refractivity contribution in [1.82, 2.24) is 10.6 Å². The molecular formula is C21H36N4O2. The molecular weight excluding hydrogens is 340 g/mol. The van der Waals surface area contributed by atoms with E-state index in [1.807, 2.05) is 0 Å². The van der Waals surface area contributed by atoms with Crippen LogP contribution in [0.15, 0.2) is 29.3 Å². The number of nitrogens with one attached hydrogen (secondary N) is 2. The fraction of sp³-hybridized carbons (Fsp3) is 0.667. The third kappa shape index (κ3) is 8.18. The molecule has 0 radical (unpaired) electrons. The van der Waals surface area contributed by atoms with Gasteiger partial charge in [0.2, 0.25) is 0 Å². The smallest absolute Gasteiger partial charge is 0.191 e. The van der Waals surface area contributed by atoms with Crippen LogP contribution >= 0.6 is 0 Å². The maximum absolute atomic E-state index is 5.79. The summed E-state index contributed by atoms with van der Waals surface area (Å²) < 4.78 is 11.1. The second kappa shape index (κ2) is 12.6. The zero-order valence-corrected chi connectivity index (χ0v) is 17.2. The predicted molar refractivity (Wildman–Crippen MR) is 113 cm³/mol. The van der Waals surface area contributed by atoms with Crippen LogP contribution in [0, 0.1) is 6.92 Å². The number of rotatable bonds is 11. The first-order valence-corrected chi connectivity index (χ1v) is 10.3. The number of likely N-dealkylation sites (N-methyl/N-ethyl adjacent to an activating group) is 1. The number of guanidine groups is 1. The van der Waals surface area contributed by atoms with Gasteiger partial charge in [-0.2, -0.15) is 0 Å². The molecule has 0 aliphatic carbocycles. The highest BCUT2D eigenvalue weighted by Crippen LogP contribution is 2.15. The van der Waals surface area contributed by atoms with Gasteiger partial charge in [-0.25, -0.2) is 0 Å². The van der Waals surface area contributed by atoms with Crippen LogP contribution < -0.4 is 15.5 Å². The molecule has 152 valence electrons. The van der Waals surface area contributed by atoms with Crippen molar-refractivity contribution < 1.29 is 9.47 Å². The zero-order valence-electron chi connectivity index (χ0n) is 17.2. The Labute approximate surface area is 164 Å². The van der Waals surface area contributed by atoms with Crippen molar-refractivity contribution in [2.45, 2.75) is 39.7 Å². The van der Waals surface area contributed by atoms with Crippen LogP contribution in [0.5, 0.6) is 0 Å². The Kier molecular flexibility index (Phi) is 10.0. The molecule has 1 aromatic carbocycles. The molecule has 6 nitrogen and oxygen atoms in total. The third-order valence-corrected chi connectivity index (χ3v) is 4.58. The molecule has 1 aliphatic rings. The first-order valence-electron chi connectivity index (χ1n) is 10.3. The van der Waals surface area contributed by atoms with Crippen molar-refractivity contribution in [1.29, 1.82) is 0 Å². The molecule has 1 heterocycles. The largest absolute Gasteiger partial charge is 0.379 e. The standard InChI is InChI=1S/C21H36N4O2/c1-4-22-21(23-11-7-14-27-20-10-15-26-17-20)24-12-13-25(5-2)19-9-6-8-18(3)16-19/h6,8-9,16,20H,4-5,7,10-15,17H2,1-3H3,(H2,22,23,24). The first-order chi connectivity index (χ1) is 13.2. The number of hydrogen-bond acceptors (Lipinski definition) is 4. The average Bonchev–Trinajstić information content (AvgIpc) is 3.18. The van der Waals surface area contributed by atoms with E-state index in [1.54, 1.807) is 0 Å². The van der Waals surface area contributed by atoms with Gasteiger partial charge in [-0.1, -0.05) is 12.1 Å². The molecule has 0 bridgehead atoms. The first kappa shape index (κ1) is 21.5. The number of ether oxygens (including phenoxy) is 2. The summed E-state index contributed by atoms with van der Waals surface area (Å²) in [6, 6.07) is 8.66. The molecule has 1 unspecified atom stereocenters. The molecule has 6 heteroatoms. The van der Waals surface area contributed by atoms with Crippen LogP contribution in [0.1, 0.15) is 32.3 Å². The summed E-state index contributed by atoms with van der Waals surface area (Å²) in [7, 11) is 0. The van der Waals surface area contributed by atoms with Crippen LogP contribution in [0.3, 0.4) is 0 Å². The van der Waals surface area contributed by atoms with E-state index in [-0.39, 0.29) is 6.10 Å². The average molecular weight is 377 g/mol. The Balaban J connectivity index is 1.70. The minimum Gasteiger partial charge on any atom is -0.379 e. The van der Waals surface area contributed by atoms with Crippen LogP contribution in [-0.4, -0.2) is 64.6 Å². The Morgan fingerprint density at radius 1 is 1.33 bits per heavy atom. The molecule has 27 heavy (non-hydrogen) atoms. The van der Waals surface area contributed by atoms with Gasteiger partial charge < -0.3 is 25.0 Å². The van der Waals surface area contributed by atoms with Crippen molar-refractivity contribution in [3.8, 4) is 0 Å². The molecule has 1 saturated heterocycles. The van der Waals surface area contributed by atoms with Gasteiger partial charge in [-0.05, 0) is 51.3 Å². The van der Waals surface area contributed by atoms with Gasteiger partial charge in [0, 0.05) is 51.6 Å². The van der Waals surface area contributed by atoms with E-state index >= 15 is 0 Å². The summed E-state index contributed by atoms with van der Waals surface area (Å²) in [6.07, 6.45) is 2.22. The van der Waals surface area contributed by atoms with E-state index in [9.17, 15) is 0 Å². The molecule has 1 fully saturated rings. The SMILES string of the molecule is CCNC(=NCCCOC1CCOC1)NCCN(CC)c1cccc(C)c1. The summed E-state index contributed by atoms with van der Waals surface area (Å²) >= 11 is 0. The molecule has 0 saturated carbocycles. The maximum atomic E-state index is 5.79. The van der Waals surface area contributed by atoms with Gasteiger partial charge in [-0.15, -0.1) is 0 Å². The lowest BCUT2D eigenvalue weighted by Crippen LogP contribution is -2.41. The number of benzene rings is 1. The van der Waals surface area contributed by atoms with Crippen molar-refractivity contribution in [2.24, 2.45) is 4.99 Å². The van der Waals surface area contributed by atoms with Gasteiger partial charge >= 0.3 is 0 Å². The Bertz CT molecular complexity index is 559. The molecule has 1 atom stereocenters. The van der Waals surface area contributed by atoms with Crippen molar-refractivity contribution in [3.05, 3.63) is 29.8 Å². The van der Waals surface area contributed by atoms with E-state index in [1.165, 1.54) is 11.3 Å². The summed E-state index contributed by atoms with van der Waals surface area (Å²) in [6.45, 7) is 13.1. The lowest BCUT2D eigenvalue weighted by atomic mass is 10.2. The third-order valence-electron chi connectivity index (χ3n) is 4.58. The highest BCUT2D eigenvalue weighted by atomic mass is 16.5. The zero-order chi connectivity index (χ0) is 19.3. The number of nitrogens with zero attached hydrogens (tertiary/aromatic N) is 2. The number of anilines is 1. The Hall–Kier alpha value is -1.79. The molecule has 1 aliphatic heterocycles. The van der Waals surface area contributed by atoms with Crippen molar-refractivity contribution in [3.63, 3.8) is 0 Å². The topological polar surface area (TPSA) is 58.1 Å². The van der Waals surface area contributed by atoms with Gasteiger partial charge in [0.05, 0.1) is 12.7 Å². The number of aliphatic imine (C=N–C) groups is 1. The molecule has 0 amide bonds. The fourth-order valence-corrected chi connectivity index (χ4v) is 3.10. The highest BCUT2D eigenvalue weighted by molar-refractivity contribution is 5.79. The van der Waals surface area contributed by atoms with E-state index in [4.69, 9.17) is 9.47 Å². The summed E-state index contributed by atoms with van der Waals surface area (Å²) in [4.78, 5) is 7.03. The number of hydrogen-bond donors (Lipinski definition) is 2. The highest BCUT2D eigenvalue weighted by Gasteiger charge is 2.15. The van der Waals surface area contributed by atoms with Crippen molar-refractivity contribution in [2.75, 3.05) is 57.4 Å². The van der Waals surface area contributed by atoms with Crippen LogP contribution in [-0.2, 0) is 9.47 Å². The van der Waals surface area contributed by atoms with Crippen LogP contribution in [0.2, 0.25) is 0 Å². The van der Waals surface area contributed by atoms with Gasteiger partial charge in [0.25, 0.3) is 0 Å². The summed E-state index contributed by atoms with van der Waals surface area (Å²) in [5, 5.41) is 6.75. The van der Waals surface area contributed by atoms with Gasteiger partial charge in [-0.3, -0.25) is 4.99 Å². The van der Waals surface area contributed by atoms with E-state index in [0.29, 0.717) is 0 Å². The summed E-state index contributed by atoms with van der Waals surface area (Å²) in [5.74, 6) is 0.877. The van der Waals surface area contributed by atoms with E-state index in [2.05, 4.69) is 65.6 Å². The number of aryl methyl sites for hydroxylation is 1. The lowest BCUT2D eigenvalue weighted by molar-refractivity contribution is 0.0424. The molecule has 0 spiro atoms.